The number of benzene rings is 2. The third-order valence-corrected chi connectivity index (χ3v) is 8.26. The summed E-state index contributed by atoms with van der Waals surface area (Å²) in [5.74, 6) is 1.31. The van der Waals surface area contributed by atoms with Gasteiger partial charge >= 0.3 is 0 Å². The van der Waals surface area contributed by atoms with E-state index in [9.17, 15) is 12.8 Å². The van der Waals surface area contributed by atoms with Gasteiger partial charge in [-0.2, -0.15) is 0 Å². The van der Waals surface area contributed by atoms with Crippen LogP contribution in [0.25, 0.3) is 22.6 Å². The fourth-order valence-corrected chi connectivity index (χ4v) is 5.66. The molecule has 7 heteroatoms. The van der Waals surface area contributed by atoms with Gasteiger partial charge in [0.1, 0.15) is 5.76 Å². The fourth-order valence-electron chi connectivity index (χ4n) is 4.38. The van der Waals surface area contributed by atoms with E-state index in [1.54, 1.807) is 24.3 Å². The number of hydrogen-bond donors (Lipinski definition) is 0. The van der Waals surface area contributed by atoms with Gasteiger partial charge in [0.05, 0.1) is 23.0 Å². The molecule has 0 N–H and O–H groups in total. The molecule has 1 atom stereocenters. The summed E-state index contributed by atoms with van der Waals surface area (Å²) < 4.78 is 42.7. The van der Waals surface area contributed by atoms with E-state index in [2.05, 4.69) is 11.8 Å². The summed E-state index contributed by atoms with van der Waals surface area (Å²) >= 11 is 0. The second-order valence-electron chi connectivity index (χ2n) is 8.76. The minimum absolute atomic E-state index is 0.0188. The molecule has 1 aliphatic rings. The van der Waals surface area contributed by atoms with Crippen molar-refractivity contribution in [1.82, 2.24) is 9.88 Å². The zero-order valence-corrected chi connectivity index (χ0v) is 20.1. The molecule has 0 bridgehead atoms. The second-order valence-corrected chi connectivity index (χ2v) is 10.9. The van der Waals surface area contributed by atoms with Crippen LogP contribution in [0.4, 0.5) is 4.39 Å². The van der Waals surface area contributed by atoms with Crippen molar-refractivity contribution in [3.05, 3.63) is 60.0 Å². The van der Waals surface area contributed by atoms with Crippen molar-refractivity contribution in [2.45, 2.75) is 50.5 Å². The minimum atomic E-state index is -3.44. The maximum atomic E-state index is 12.3. The van der Waals surface area contributed by atoms with Crippen molar-refractivity contribution in [1.29, 1.82) is 0 Å². The number of aromatic nitrogens is 1. The molecule has 0 spiro atoms. The van der Waals surface area contributed by atoms with Crippen molar-refractivity contribution >= 4 is 9.84 Å². The number of halogens is 1. The normalized spacial score (nSPS) is 17.0. The first-order valence-corrected chi connectivity index (χ1v) is 13.2. The molecule has 1 aromatic heterocycles. The number of sulfone groups is 1. The molecular formula is C26H31FN2O3S. The van der Waals surface area contributed by atoms with Gasteiger partial charge in [0.2, 0.25) is 5.89 Å². The van der Waals surface area contributed by atoms with Crippen molar-refractivity contribution in [3.63, 3.8) is 0 Å². The Kier molecular flexibility index (Phi) is 7.29. The summed E-state index contributed by atoms with van der Waals surface area (Å²) in [6, 6.07) is 15.3. The lowest BCUT2D eigenvalue weighted by atomic mass is 10.0. The summed E-state index contributed by atoms with van der Waals surface area (Å²) in [7, 11) is -3.44. The lowest BCUT2D eigenvalue weighted by Gasteiger charge is -2.20. The van der Waals surface area contributed by atoms with E-state index in [-0.39, 0.29) is 17.1 Å². The van der Waals surface area contributed by atoms with Crippen LogP contribution in [0.15, 0.2) is 57.8 Å². The third-order valence-electron chi connectivity index (χ3n) is 6.44. The van der Waals surface area contributed by atoms with Crippen LogP contribution in [0.5, 0.6) is 0 Å². The molecule has 0 saturated carbocycles. The van der Waals surface area contributed by atoms with Crippen molar-refractivity contribution in [2.75, 3.05) is 25.5 Å². The predicted molar refractivity (Wildman–Crippen MR) is 129 cm³/mol. The number of nitrogens with zero attached hydrogens (tertiary/aromatic N) is 2. The molecule has 0 radical (unpaired) electrons. The van der Waals surface area contributed by atoms with Gasteiger partial charge in [0.25, 0.3) is 0 Å². The molecular weight excluding hydrogens is 439 g/mol. The molecule has 4 rings (SSSR count). The van der Waals surface area contributed by atoms with Crippen LogP contribution in [-0.2, 0) is 16.3 Å². The molecule has 33 heavy (non-hydrogen) atoms. The van der Waals surface area contributed by atoms with E-state index >= 15 is 0 Å². The van der Waals surface area contributed by atoms with Gasteiger partial charge in [0, 0.05) is 24.6 Å². The van der Waals surface area contributed by atoms with Crippen molar-refractivity contribution < 1.29 is 17.2 Å². The third kappa shape index (κ3) is 5.53. The Bertz CT molecular complexity index is 1170. The quantitative estimate of drug-likeness (QED) is 0.415. The van der Waals surface area contributed by atoms with Gasteiger partial charge in [0.15, 0.2) is 9.84 Å². The van der Waals surface area contributed by atoms with Crippen LogP contribution in [-0.4, -0.2) is 49.9 Å². The van der Waals surface area contributed by atoms with E-state index < -0.39 is 16.5 Å². The van der Waals surface area contributed by atoms with E-state index in [1.807, 2.05) is 31.2 Å². The Hall–Kier alpha value is -2.51. The predicted octanol–water partition coefficient (Wildman–Crippen LogP) is 5.48. The van der Waals surface area contributed by atoms with Gasteiger partial charge in [-0.15, -0.1) is 0 Å². The zero-order chi connectivity index (χ0) is 23.4. The number of likely N-dealkylation sites (tertiary alicyclic amines) is 1. The molecule has 1 saturated heterocycles. The SMILES string of the molecule is Cc1oc(-c2ccc(-c3ccc(S(=O)(=O)CCCF)cc3)cc2)nc1CCN1CCCC1C. The monoisotopic (exact) mass is 470 g/mol. The maximum Gasteiger partial charge on any atom is 0.226 e. The Balaban J connectivity index is 1.44. The number of hydrogen-bond acceptors (Lipinski definition) is 5. The molecule has 176 valence electrons. The van der Waals surface area contributed by atoms with Gasteiger partial charge in [-0.25, -0.2) is 13.4 Å². The maximum absolute atomic E-state index is 12.3. The van der Waals surface area contributed by atoms with Crippen LogP contribution < -0.4 is 0 Å². The summed E-state index contributed by atoms with van der Waals surface area (Å²) in [4.78, 5) is 7.48. The van der Waals surface area contributed by atoms with E-state index in [1.165, 1.54) is 12.8 Å². The first kappa shape index (κ1) is 23.6. The molecule has 2 heterocycles. The average Bonchev–Trinajstić information content (AvgIpc) is 3.41. The van der Waals surface area contributed by atoms with Crippen LogP contribution in [0.3, 0.4) is 0 Å². The van der Waals surface area contributed by atoms with E-state index in [0.29, 0.717) is 11.9 Å². The van der Waals surface area contributed by atoms with Gasteiger partial charge < -0.3 is 9.32 Å². The van der Waals surface area contributed by atoms with Crippen molar-refractivity contribution in [3.8, 4) is 22.6 Å². The topological polar surface area (TPSA) is 63.4 Å². The molecule has 1 unspecified atom stereocenters. The van der Waals surface area contributed by atoms with Crippen LogP contribution in [0, 0.1) is 6.92 Å². The molecule has 1 fully saturated rings. The standard InChI is InChI=1S/C26H31FN2O3S/c1-19-5-3-16-29(19)17-14-25-20(2)32-26(28-25)23-8-6-21(7-9-23)22-10-12-24(13-11-22)33(30,31)18-4-15-27/h6-13,19H,3-5,14-18H2,1-2H3. The first-order chi connectivity index (χ1) is 15.9. The summed E-state index contributed by atoms with van der Waals surface area (Å²) in [5.41, 5.74) is 3.80. The number of rotatable bonds is 9. The number of alkyl halides is 1. The molecule has 0 amide bonds. The highest BCUT2D eigenvalue weighted by Crippen LogP contribution is 2.27. The highest BCUT2D eigenvalue weighted by Gasteiger charge is 2.21. The molecule has 5 nitrogen and oxygen atoms in total. The second kappa shape index (κ2) is 10.2. The lowest BCUT2D eigenvalue weighted by Crippen LogP contribution is -2.29. The smallest absolute Gasteiger partial charge is 0.226 e. The minimum Gasteiger partial charge on any atom is -0.441 e. The lowest BCUT2D eigenvalue weighted by molar-refractivity contribution is 0.271. The Morgan fingerprint density at radius 2 is 1.70 bits per heavy atom. The summed E-state index contributed by atoms with van der Waals surface area (Å²) in [5, 5.41) is 0. The summed E-state index contributed by atoms with van der Waals surface area (Å²) in [6.07, 6.45) is 3.45. The van der Waals surface area contributed by atoms with E-state index in [4.69, 9.17) is 9.40 Å². The van der Waals surface area contributed by atoms with E-state index in [0.717, 1.165) is 47.7 Å². The Morgan fingerprint density at radius 1 is 1.06 bits per heavy atom. The van der Waals surface area contributed by atoms with Gasteiger partial charge in [-0.1, -0.05) is 24.3 Å². The fraction of sp³-hybridized carbons (Fsp3) is 0.423. The molecule has 1 aliphatic heterocycles. The molecule has 0 aliphatic carbocycles. The average molecular weight is 471 g/mol. The Labute approximate surface area is 195 Å². The number of aryl methyl sites for hydroxylation is 1. The van der Waals surface area contributed by atoms with Gasteiger partial charge in [-0.3, -0.25) is 4.39 Å². The van der Waals surface area contributed by atoms with Crippen LogP contribution in [0.2, 0.25) is 0 Å². The highest BCUT2D eigenvalue weighted by atomic mass is 32.2. The number of oxazole rings is 1. The van der Waals surface area contributed by atoms with Crippen LogP contribution in [0.1, 0.15) is 37.6 Å². The molecule has 2 aromatic carbocycles. The first-order valence-electron chi connectivity index (χ1n) is 11.6. The molecule has 3 aromatic rings. The largest absolute Gasteiger partial charge is 0.441 e. The summed E-state index contributed by atoms with van der Waals surface area (Å²) in [6.45, 7) is 5.79. The Morgan fingerprint density at radius 3 is 2.30 bits per heavy atom. The van der Waals surface area contributed by atoms with Crippen LogP contribution >= 0.6 is 0 Å². The van der Waals surface area contributed by atoms with Crippen molar-refractivity contribution in [2.24, 2.45) is 0 Å². The highest BCUT2D eigenvalue weighted by molar-refractivity contribution is 7.91. The zero-order valence-electron chi connectivity index (χ0n) is 19.3. The van der Waals surface area contributed by atoms with Gasteiger partial charge in [-0.05, 0) is 75.0 Å².